The topological polar surface area (TPSA) is 93.7 Å². The first kappa shape index (κ1) is 17.0. The van der Waals surface area contributed by atoms with E-state index in [0.29, 0.717) is 24.5 Å². The van der Waals surface area contributed by atoms with Gasteiger partial charge in [0.25, 0.3) is 5.91 Å². The van der Waals surface area contributed by atoms with E-state index in [0.717, 1.165) is 34.6 Å². The fourth-order valence-corrected chi connectivity index (χ4v) is 3.90. The maximum atomic E-state index is 12.3. The summed E-state index contributed by atoms with van der Waals surface area (Å²) in [5.74, 6) is 1.30. The van der Waals surface area contributed by atoms with Crippen molar-refractivity contribution in [2.45, 2.75) is 44.6 Å². The van der Waals surface area contributed by atoms with Crippen LogP contribution < -0.4 is 19.7 Å². The Hall–Kier alpha value is -3.16. The second-order valence-electron chi connectivity index (χ2n) is 7.56. The predicted molar refractivity (Wildman–Crippen MR) is 99.8 cm³/mol. The van der Waals surface area contributed by atoms with E-state index in [2.05, 4.69) is 15.3 Å². The molecule has 28 heavy (non-hydrogen) atoms. The van der Waals surface area contributed by atoms with Gasteiger partial charge in [-0.15, -0.1) is 0 Å². The predicted octanol–water partition coefficient (Wildman–Crippen LogP) is 2.84. The zero-order chi connectivity index (χ0) is 19.5. The molecule has 3 aliphatic rings. The quantitative estimate of drug-likeness (QED) is 0.820. The van der Waals surface area contributed by atoms with Crippen molar-refractivity contribution in [2.75, 3.05) is 11.5 Å². The average molecular weight is 380 g/mol. The number of hydrogen-bond acceptors (Lipinski definition) is 6. The van der Waals surface area contributed by atoms with Gasteiger partial charge in [0.1, 0.15) is 17.5 Å². The highest BCUT2D eigenvalue weighted by molar-refractivity contribution is 6.21. The molecular formula is C20H20N4O4. The summed E-state index contributed by atoms with van der Waals surface area (Å²) < 4.78 is 11.9. The van der Waals surface area contributed by atoms with Crippen molar-refractivity contribution < 1.29 is 19.1 Å². The zero-order valence-corrected chi connectivity index (χ0v) is 15.7. The summed E-state index contributed by atoms with van der Waals surface area (Å²) >= 11 is 0. The van der Waals surface area contributed by atoms with Crippen LogP contribution in [0.15, 0.2) is 24.5 Å². The maximum absolute atomic E-state index is 12.3. The number of urea groups is 1. The Morgan fingerprint density at radius 1 is 1.29 bits per heavy atom. The number of rotatable bonds is 4. The smallest absolute Gasteiger partial charge is 0.329 e. The van der Waals surface area contributed by atoms with Gasteiger partial charge in [-0.25, -0.2) is 19.7 Å². The van der Waals surface area contributed by atoms with Crippen LogP contribution in [0.4, 0.5) is 10.5 Å². The molecule has 1 unspecified atom stereocenters. The van der Waals surface area contributed by atoms with E-state index in [1.54, 1.807) is 0 Å². The summed E-state index contributed by atoms with van der Waals surface area (Å²) in [6.07, 6.45) is 5.56. The molecule has 5 rings (SSSR count). The second-order valence-corrected chi connectivity index (χ2v) is 7.56. The first-order chi connectivity index (χ1) is 13.5. The summed E-state index contributed by atoms with van der Waals surface area (Å²) in [4.78, 5) is 33.8. The number of carbonyl (C=O) groups excluding carboxylic acids is 2. The van der Waals surface area contributed by atoms with Crippen molar-refractivity contribution in [3.8, 4) is 17.5 Å². The van der Waals surface area contributed by atoms with Crippen molar-refractivity contribution in [2.24, 2.45) is 0 Å². The molecule has 1 atom stereocenters. The summed E-state index contributed by atoms with van der Waals surface area (Å²) in [5.41, 5.74) is 2.57. The highest BCUT2D eigenvalue weighted by atomic mass is 16.5. The number of nitrogens with one attached hydrogen (secondary N) is 1. The molecule has 0 bridgehead atoms. The number of carbonyl (C=O) groups is 2. The summed E-state index contributed by atoms with van der Waals surface area (Å²) in [6.45, 7) is 4.56. The van der Waals surface area contributed by atoms with Crippen molar-refractivity contribution in [3.05, 3.63) is 35.7 Å². The molecule has 8 heteroatoms. The third-order valence-corrected chi connectivity index (χ3v) is 5.69. The number of anilines is 1. The van der Waals surface area contributed by atoms with Gasteiger partial charge in [-0.3, -0.25) is 4.79 Å². The van der Waals surface area contributed by atoms with Crippen LogP contribution >= 0.6 is 0 Å². The van der Waals surface area contributed by atoms with Gasteiger partial charge < -0.3 is 14.8 Å². The Morgan fingerprint density at radius 2 is 2.04 bits per heavy atom. The molecule has 1 spiro atoms. The van der Waals surface area contributed by atoms with Gasteiger partial charge in [0.2, 0.25) is 0 Å². The van der Waals surface area contributed by atoms with Crippen LogP contribution in [0, 0.1) is 6.92 Å². The summed E-state index contributed by atoms with van der Waals surface area (Å²) in [7, 11) is 0. The van der Waals surface area contributed by atoms with E-state index in [4.69, 9.17) is 9.47 Å². The van der Waals surface area contributed by atoms with Gasteiger partial charge in [-0.1, -0.05) is 13.0 Å². The number of ether oxygens (including phenoxy) is 2. The third kappa shape index (κ3) is 2.44. The molecule has 1 N–H and O–H groups in total. The number of hydrogen-bond donors (Lipinski definition) is 1. The SMILES string of the molecule is CCC1NC(=O)N(c2cnc(Oc3ccc(C)c4c3C3(CC3)CO4)nc2)C1=O. The molecule has 2 aliphatic heterocycles. The Kier molecular flexibility index (Phi) is 3.59. The highest BCUT2D eigenvalue weighted by Crippen LogP contribution is 2.59. The lowest BCUT2D eigenvalue weighted by Crippen LogP contribution is -2.31. The fraction of sp³-hybridized carbons (Fsp3) is 0.400. The highest BCUT2D eigenvalue weighted by Gasteiger charge is 2.53. The number of benzene rings is 1. The van der Waals surface area contributed by atoms with Crippen molar-refractivity contribution in [3.63, 3.8) is 0 Å². The molecule has 1 aromatic heterocycles. The Labute approximate surface area is 161 Å². The van der Waals surface area contributed by atoms with Crippen LogP contribution in [0.3, 0.4) is 0 Å². The molecule has 0 radical (unpaired) electrons. The number of aryl methyl sites for hydroxylation is 1. The normalized spacial score (nSPS) is 21.5. The molecule has 8 nitrogen and oxygen atoms in total. The van der Waals surface area contributed by atoms with E-state index in [-0.39, 0.29) is 17.3 Å². The zero-order valence-electron chi connectivity index (χ0n) is 15.7. The summed E-state index contributed by atoms with van der Waals surface area (Å²) in [6, 6.07) is 3.08. The van der Waals surface area contributed by atoms with Crippen molar-refractivity contribution in [1.29, 1.82) is 0 Å². The van der Waals surface area contributed by atoms with E-state index in [1.165, 1.54) is 12.4 Å². The minimum absolute atomic E-state index is 0.0614. The van der Waals surface area contributed by atoms with Gasteiger partial charge in [-0.05, 0) is 37.8 Å². The van der Waals surface area contributed by atoms with E-state index in [1.807, 2.05) is 26.0 Å². The molecule has 2 fully saturated rings. The van der Waals surface area contributed by atoms with Crippen LogP contribution in [0.1, 0.15) is 37.3 Å². The van der Waals surface area contributed by atoms with Gasteiger partial charge in [-0.2, -0.15) is 0 Å². The third-order valence-electron chi connectivity index (χ3n) is 5.69. The van der Waals surface area contributed by atoms with Crippen LogP contribution in [0.25, 0.3) is 0 Å². The van der Waals surface area contributed by atoms with Crippen LogP contribution in [-0.4, -0.2) is 34.6 Å². The number of aromatic nitrogens is 2. The number of amides is 3. The van der Waals surface area contributed by atoms with Crippen LogP contribution in [0.5, 0.6) is 17.5 Å². The monoisotopic (exact) mass is 380 g/mol. The number of nitrogens with zero attached hydrogens (tertiary/aromatic N) is 3. The Balaban J connectivity index is 1.41. The first-order valence-electron chi connectivity index (χ1n) is 9.44. The lowest BCUT2D eigenvalue weighted by atomic mass is 9.95. The van der Waals surface area contributed by atoms with Crippen molar-refractivity contribution >= 4 is 17.6 Å². The average Bonchev–Trinajstić information content (AvgIpc) is 3.28. The lowest BCUT2D eigenvalue weighted by Gasteiger charge is -2.14. The van der Waals surface area contributed by atoms with Gasteiger partial charge >= 0.3 is 12.0 Å². The Bertz CT molecular complexity index is 984. The number of imide groups is 1. The molecule has 3 amide bonds. The first-order valence-corrected chi connectivity index (χ1v) is 9.44. The molecule has 1 aliphatic carbocycles. The van der Waals surface area contributed by atoms with E-state index in [9.17, 15) is 9.59 Å². The summed E-state index contributed by atoms with van der Waals surface area (Å²) in [5, 5.41) is 2.64. The standard InChI is InChI=1S/C20H20N4O4/c1-3-13-17(25)24(19(26)23-13)12-8-21-18(22-9-12)28-14-5-4-11(2)16-15(14)20(6-7-20)10-27-16/h4-5,8-9,13H,3,6-7,10H2,1-2H3,(H,23,26). The number of fused-ring (bicyclic) bond motifs is 2. The molecule has 1 saturated carbocycles. The minimum Gasteiger partial charge on any atom is -0.492 e. The molecule has 1 aromatic carbocycles. The fourth-order valence-electron chi connectivity index (χ4n) is 3.90. The van der Waals surface area contributed by atoms with E-state index < -0.39 is 12.1 Å². The van der Waals surface area contributed by atoms with Crippen LogP contribution in [-0.2, 0) is 10.2 Å². The molecule has 144 valence electrons. The second kappa shape index (κ2) is 5.92. The van der Waals surface area contributed by atoms with Gasteiger partial charge in [0.05, 0.1) is 24.7 Å². The van der Waals surface area contributed by atoms with Gasteiger partial charge in [0.15, 0.2) is 0 Å². The maximum Gasteiger partial charge on any atom is 0.329 e. The molecule has 3 heterocycles. The van der Waals surface area contributed by atoms with E-state index >= 15 is 0 Å². The molecule has 2 aromatic rings. The molecule has 1 saturated heterocycles. The largest absolute Gasteiger partial charge is 0.492 e. The van der Waals surface area contributed by atoms with Gasteiger partial charge in [0, 0.05) is 11.0 Å². The lowest BCUT2D eigenvalue weighted by molar-refractivity contribution is -0.118. The van der Waals surface area contributed by atoms with Crippen molar-refractivity contribution in [1.82, 2.24) is 15.3 Å². The van der Waals surface area contributed by atoms with Crippen LogP contribution in [0.2, 0.25) is 0 Å². The minimum atomic E-state index is -0.506. The molecular weight excluding hydrogens is 360 g/mol. The Morgan fingerprint density at radius 3 is 2.68 bits per heavy atom.